The normalized spacial score (nSPS) is 14.2. The van der Waals surface area contributed by atoms with Crippen LogP contribution in [0.5, 0.6) is 0 Å². The van der Waals surface area contributed by atoms with Crippen LogP contribution in [0.25, 0.3) is 11.3 Å². The molecule has 1 N–H and O–H groups in total. The van der Waals surface area contributed by atoms with Crippen molar-refractivity contribution < 1.29 is 0 Å². The van der Waals surface area contributed by atoms with Crippen LogP contribution in [0.4, 0.5) is 0 Å². The Hall–Kier alpha value is -2.17. The van der Waals surface area contributed by atoms with Gasteiger partial charge >= 0.3 is 0 Å². The number of nitrogens with one attached hydrogen (secondary N) is 1. The Bertz CT molecular complexity index is 825. The Morgan fingerprint density at radius 3 is 2.54 bits per heavy atom. The summed E-state index contributed by atoms with van der Waals surface area (Å²) in [5.74, 6) is 0. The largest absolute Gasteiger partial charge is 0.316 e. The van der Waals surface area contributed by atoms with E-state index < -0.39 is 0 Å². The number of nitrogens with zero attached hydrogens (tertiary/aromatic N) is 3. The molecule has 0 spiro atoms. The summed E-state index contributed by atoms with van der Waals surface area (Å²) in [7, 11) is 0. The minimum absolute atomic E-state index is 0.753. The first-order valence-corrected chi connectivity index (χ1v) is 8.63. The van der Waals surface area contributed by atoms with E-state index in [9.17, 15) is 0 Å². The molecule has 4 nitrogen and oxygen atoms in total. The molecule has 5 heteroatoms. The van der Waals surface area contributed by atoms with Crippen molar-refractivity contribution in [2.75, 3.05) is 13.1 Å². The maximum absolute atomic E-state index is 6.04. The third-order valence-electron chi connectivity index (χ3n) is 4.46. The molecule has 3 heterocycles. The van der Waals surface area contributed by atoms with Gasteiger partial charge in [-0.3, -0.25) is 9.67 Å². The van der Waals surface area contributed by atoms with Gasteiger partial charge in [-0.25, -0.2) is 0 Å². The molecule has 0 saturated heterocycles. The van der Waals surface area contributed by atoms with E-state index in [1.54, 1.807) is 0 Å². The lowest BCUT2D eigenvalue weighted by Crippen LogP contribution is -2.17. The Morgan fingerprint density at radius 1 is 1.00 bits per heavy atom. The van der Waals surface area contributed by atoms with E-state index in [1.807, 2.05) is 36.7 Å². The quantitative estimate of drug-likeness (QED) is 0.796. The van der Waals surface area contributed by atoms with E-state index in [-0.39, 0.29) is 0 Å². The molecule has 2 aromatic heterocycles. The van der Waals surface area contributed by atoms with E-state index in [1.165, 1.54) is 16.8 Å². The SMILES string of the molecule is Clc1ccc(-c2nn(Cc3ccncc3)c3c2CCNCC3)cc1. The molecule has 1 aliphatic heterocycles. The summed E-state index contributed by atoms with van der Waals surface area (Å²) < 4.78 is 2.15. The highest BCUT2D eigenvalue weighted by Crippen LogP contribution is 2.28. The fourth-order valence-electron chi connectivity index (χ4n) is 3.25. The van der Waals surface area contributed by atoms with Gasteiger partial charge in [-0.15, -0.1) is 0 Å². The van der Waals surface area contributed by atoms with E-state index >= 15 is 0 Å². The predicted octanol–water partition coefficient (Wildman–Crippen LogP) is 3.34. The zero-order chi connectivity index (χ0) is 16.4. The second kappa shape index (κ2) is 6.75. The zero-order valence-electron chi connectivity index (χ0n) is 13.4. The summed E-state index contributed by atoms with van der Waals surface area (Å²) in [6.07, 6.45) is 5.67. The molecular weight excluding hydrogens is 320 g/mol. The summed E-state index contributed by atoms with van der Waals surface area (Å²) in [6.45, 7) is 2.77. The summed E-state index contributed by atoms with van der Waals surface area (Å²) in [4.78, 5) is 4.10. The topological polar surface area (TPSA) is 42.7 Å². The van der Waals surface area contributed by atoms with Crippen LogP contribution in [-0.4, -0.2) is 27.9 Å². The first-order valence-electron chi connectivity index (χ1n) is 8.25. The van der Waals surface area contributed by atoms with Gasteiger partial charge in [-0.1, -0.05) is 23.7 Å². The Morgan fingerprint density at radius 2 is 1.75 bits per heavy atom. The van der Waals surface area contributed by atoms with Crippen molar-refractivity contribution >= 4 is 11.6 Å². The Labute approximate surface area is 146 Å². The fourth-order valence-corrected chi connectivity index (χ4v) is 3.38. The number of hydrogen-bond acceptors (Lipinski definition) is 3. The molecule has 1 aliphatic rings. The summed E-state index contributed by atoms with van der Waals surface area (Å²) >= 11 is 6.04. The van der Waals surface area contributed by atoms with E-state index in [0.717, 1.165) is 48.8 Å². The molecule has 0 aliphatic carbocycles. The number of pyridine rings is 1. The molecule has 0 fully saturated rings. The first-order chi connectivity index (χ1) is 11.8. The van der Waals surface area contributed by atoms with Gasteiger partial charge in [-0.05, 0) is 42.8 Å². The smallest absolute Gasteiger partial charge is 0.0958 e. The predicted molar refractivity (Wildman–Crippen MR) is 96.3 cm³/mol. The van der Waals surface area contributed by atoms with Crippen molar-refractivity contribution in [3.05, 3.63) is 70.6 Å². The molecule has 24 heavy (non-hydrogen) atoms. The van der Waals surface area contributed by atoms with Gasteiger partial charge in [0.05, 0.1) is 12.2 Å². The summed E-state index contributed by atoms with van der Waals surface area (Å²) in [5, 5.41) is 9.19. The number of fused-ring (bicyclic) bond motifs is 1. The molecule has 0 saturated carbocycles. The third-order valence-corrected chi connectivity index (χ3v) is 4.71. The highest BCUT2D eigenvalue weighted by molar-refractivity contribution is 6.30. The van der Waals surface area contributed by atoms with Gasteiger partial charge in [0.15, 0.2) is 0 Å². The molecule has 3 aromatic rings. The lowest BCUT2D eigenvalue weighted by molar-refractivity contribution is 0.628. The van der Waals surface area contributed by atoms with Crippen molar-refractivity contribution in [3.8, 4) is 11.3 Å². The number of benzene rings is 1. The summed E-state index contributed by atoms with van der Waals surface area (Å²) in [6, 6.07) is 12.1. The van der Waals surface area contributed by atoms with Gasteiger partial charge in [0.25, 0.3) is 0 Å². The second-order valence-electron chi connectivity index (χ2n) is 6.04. The third kappa shape index (κ3) is 3.07. The number of rotatable bonds is 3. The Kier molecular flexibility index (Phi) is 4.32. The number of hydrogen-bond donors (Lipinski definition) is 1. The van der Waals surface area contributed by atoms with Crippen LogP contribution in [0, 0.1) is 0 Å². The average Bonchev–Trinajstić information content (AvgIpc) is 2.79. The Balaban J connectivity index is 1.78. The highest BCUT2D eigenvalue weighted by Gasteiger charge is 2.20. The monoisotopic (exact) mass is 338 g/mol. The maximum atomic E-state index is 6.04. The average molecular weight is 339 g/mol. The maximum Gasteiger partial charge on any atom is 0.0958 e. The minimum Gasteiger partial charge on any atom is -0.316 e. The second-order valence-corrected chi connectivity index (χ2v) is 6.48. The van der Waals surface area contributed by atoms with Crippen LogP contribution >= 0.6 is 11.6 Å². The zero-order valence-corrected chi connectivity index (χ0v) is 14.1. The van der Waals surface area contributed by atoms with Gasteiger partial charge in [0.2, 0.25) is 0 Å². The van der Waals surface area contributed by atoms with E-state index in [0.29, 0.717) is 0 Å². The standard InChI is InChI=1S/C19H19ClN4/c20-16-3-1-15(2-4-16)19-17-7-11-22-12-8-18(17)24(23-19)13-14-5-9-21-10-6-14/h1-6,9-10,22H,7-8,11-13H2. The van der Waals surface area contributed by atoms with Crippen LogP contribution in [0.15, 0.2) is 48.8 Å². The van der Waals surface area contributed by atoms with Crippen LogP contribution in [0.1, 0.15) is 16.8 Å². The summed E-state index contributed by atoms with van der Waals surface area (Å²) in [5.41, 5.74) is 6.12. The molecule has 4 rings (SSSR count). The minimum atomic E-state index is 0.753. The van der Waals surface area contributed by atoms with Gasteiger partial charge in [0, 0.05) is 47.2 Å². The van der Waals surface area contributed by atoms with Crippen LogP contribution in [0.3, 0.4) is 0 Å². The van der Waals surface area contributed by atoms with Gasteiger partial charge < -0.3 is 5.32 Å². The van der Waals surface area contributed by atoms with Crippen LogP contribution in [0.2, 0.25) is 5.02 Å². The molecule has 0 bridgehead atoms. The van der Waals surface area contributed by atoms with Gasteiger partial charge in [-0.2, -0.15) is 5.10 Å². The molecule has 122 valence electrons. The van der Waals surface area contributed by atoms with Crippen molar-refractivity contribution in [2.45, 2.75) is 19.4 Å². The number of aromatic nitrogens is 3. The molecule has 0 radical (unpaired) electrons. The fraction of sp³-hybridized carbons (Fsp3) is 0.263. The van der Waals surface area contributed by atoms with Crippen molar-refractivity contribution in [2.24, 2.45) is 0 Å². The van der Waals surface area contributed by atoms with Crippen molar-refractivity contribution in [3.63, 3.8) is 0 Å². The lowest BCUT2D eigenvalue weighted by Gasteiger charge is -2.07. The first kappa shape index (κ1) is 15.4. The van der Waals surface area contributed by atoms with Crippen molar-refractivity contribution in [1.82, 2.24) is 20.1 Å². The van der Waals surface area contributed by atoms with E-state index in [2.05, 4.69) is 27.1 Å². The highest BCUT2D eigenvalue weighted by atomic mass is 35.5. The number of halogens is 1. The van der Waals surface area contributed by atoms with Crippen LogP contribution in [-0.2, 0) is 19.4 Å². The molecule has 0 unspecified atom stereocenters. The molecule has 0 amide bonds. The molecule has 0 atom stereocenters. The van der Waals surface area contributed by atoms with E-state index in [4.69, 9.17) is 16.7 Å². The van der Waals surface area contributed by atoms with Crippen molar-refractivity contribution in [1.29, 1.82) is 0 Å². The molecular formula is C19H19ClN4. The molecule has 1 aromatic carbocycles. The van der Waals surface area contributed by atoms with Crippen LogP contribution < -0.4 is 5.32 Å². The van der Waals surface area contributed by atoms with Gasteiger partial charge in [0.1, 0.15) is 0 Å². The lowest BCUT2D eigenvalue weighted by atomic mass is 10.0.